The van der Waals surface area contributed by atoms with E-state index in [9.17, 15) is 9.59 Å². The molecule has 0 aliphatic carbocycles. The van der Waals surface area contributed by atoms with Gasteiger partial charge >= 0.3 is 5.97 Å². The standard InChI is InChI=1S/C22H23N3O3S/c1-14(2)16-6-8-18(9-7-16)24-21(27)15(3)28-20(26)11-19-13-29-22(25-19)17-5-4-10-23-12-17/h4-10,12-15H,11H2,1-3H3,(H,24,27)/t15-/m0/s1. The largest absolute Gasteiger partial charge is 0.452 e. The number of carbonyl (C=O) groups excluding carboxylic acids is 2. The molecular weight excluding hydrogens is 386 g/mol. The van der Waals surface area contributed by atoms with Crippen molar-refractivity contribution in [1.29, 1.82) is 0 Å². The molecule has 6 nitrogen and oxygen atoms in total. The van der Waals surface area contributed by atoms with E-state index in [2.05, 4.69) is 29.1 Å². The van der Waals surface area contributed by atoms with Crippen LogP contribution in [-0.2, 0) is 20.7 Å². The van der Waals surface area contributed by atoms with Crippen LogP contribution in [0.4, 0.5) is 5.69 Å². The molecule has 1 aromatic carbocycles. The molecule has 0 saturated carbocycles. The summed E-state index contributed by atoms with van der Waals surface area (Å²) in [6, 6.07) is 11.4. The first-order valence-corrected chi connectivity index (χ1v) is 10.3. The summed E-state index contributed by atoms with van der Waals surface area (Å²) in [6.45, 7) is 5.77. The molecule has 3 aromatic rings. The maximum Gasteiger partial charge on any atom is 0.312 e. The normalized spacial score (nSPS) is 11.9. The second-order valence-corrected chi connectivity index (χ2v) is 7.82. The SMILES string of the molecule is CC(C)c1ccc(NC(=O)[C@H](C)OC(=O)Cc2csc(-c3cccnc3)n2)cc1. The zero-order chi connectivity index (χ0) is 20.8. The number of pyridine rings is 1. The van der Waals surface area contributed by atoms with Crippen LogP contribution in [0.25, 0.3) is 10.6 Å². The number of esters is 1. The van der Waals surface area contributed by atoms with Gasteiger partial charge in [0.2, 0.25) is 0 Å². The summed E-state index contributed by atoms with van der Waals surface area (Å²) in [5, 5.41) is 5.36. The minimum absolute atomic E-state index is 0.0114. The Kier molecular flexibility index (Phi) is 6.72. The van der Waals surface area contributed by atoms with E-state index in [1.807, 2.05) is 41.8 Å². The van der Waals surface area contributed by atoms with Gasteiger partial charge in [-0.25, -0.2) is 4.98 Å². The molecular formula is C22H23N3O3S. The van der Waals surface area contributed by atoms with Crippen LogP contribution in [0, 0.1) is 0 Å². The maximum atomic E-state index is 12.3. The molecule has 1 atom stereocenters. The van der Waals surface area contributed by atoms with Gasteiger partial charge in [-0.1, -0.05) is 26.0 Å². The molecule has 150 valence electrons. The highest BCUT2D eigenvalue weighted by atomic mass is 32.1. The smallest absolute Gasteiger partial charge is 0.312 e. The fraction of sp³-hybridized carbons (Fsp3) is 0.273. The third-order valence-corrected chi connectivity index (χ3v) is 5.25. The first-order chi connectivity index (χ1) is 13.9. The van der Waals surface area contributed by atoms with E-state index in [1.54, 1.807) is 19.3 Å². The highest BCUT2D eigenvalue weighted by Gasteiger charge is 2.19. The van der Waals surface area contributed by atoms with E-state index in [-0.39, 0.29) is 12.3 Å². The van der Waals surface area contributed by atoms with E-state index in [4.69, 9.17) is 4.74 Å². The number of hydrogen-bond donors (Lipinski definition) is 1. The van der Waals surface area contributed by atoms with Crippen molar-refractivity contribution in [1.82, 2.24) is 9.97 Å². The van der Waals surface area contributed by atoms with Crippen LogP contribution in [0.3, 0.4) is 0 Å². The summed E-state index contributed by atoms with van der Waals surface area (Å²) in [4.78, 5) is 33.0. The zero-order valence-electron chi connectivity index (χ0n) is 16.6. The van der Waals surface area contributed by atoms with E-state index in [1.165, 1.54) is 16.9 Å². The van der Waals surface area contributed by atoms with Crippen LogP contribution in [0.2, 0.25) is 0 Å². The molecule has 1 amide bonds. The molecule has 0 fully saturated rings. The Labute approximate surface area is 174 Å². The molecule has 0 aliphatic rings. The molecule has 2 heterocycles. The third kappa shape index (κ3) is 5.71. The number of hydrogen-bond acceptors (Lipinski definition) is 6. The first-order valence-electron chi connectivity index (χ1n) is 9.37. The summed E-state index contributed by atoms with van der Waals surface area (Å²) >= 11 is 1.44. The number of nitrogens with zero attached hydrogens (tertiary/aromatic N) is 2. The third-order valence-electron chi connectivity index (χ3n) is 4.31. The lowest BCUT2D eigenvalue weighted by molar-refractivity contribution is -0.152. The van der Waals surface area contributed by atoms with Gasteiger partial charge in [0.15, 0.2) is 6.10 Å². The average Bonchev–Trinajstić information content (AvgIpc) is 3.17. The molecule has 0 spiro atoms. The lowest BCUT2D eigenvalue weighted by Crippen LogP contribution is -2.30. The van der Waals surface area contributed by atoms with Crippen LogP contribution in [-0.4, -0.2) is 27.9 Å². The van der Waals surface area contributed by atoms with Gasteiger partial charge in [0.25, 0.3) is 5.91 Å². The number of amides is 1. The fourth-order valence-electron chi connectivity index (χ4n) is 2.65. The summed E-state index contributed by atoms with van der Waals surface area (Å²) in [5.41, 5.74) is 3.36. The van der Waals surface area contributed by atoms with Gasteiger partial charge in [0.05, 0.1) is 12.1 Å². The van der Waals surface area contributed by atoms with E-state index >= 15 is 0 Å². The Hall–Kier alpha value is -3.06. The minimum atomic E-state index is -0.899. The van der Waals surface area contributed by atoms with E-state index in [0.717, 1.165) is 10.6 Å². The van der Waals surface area contributed by atoms with E-state index < -0.39 is 12.1 Å². The molecule has 0 saturated heterocycles. The lowest BCUT2D eigenvalue weighted by atomic mass is 10.0. The molecule has 1 N–H and O–H groups in total. The molecule has 0 unspecified atom stereocenters. The number of anilines is 1. The van der Waals surface area contributed by atoms with Gasteiger partial charge in [-0.05, 0) is 42.7 Å². The van der Waals surface area contributed by atoms with Crippen LogP contribution in [0.5, 0.6) is 0 Å². The van der Waals surface area contributed by atoms with Crippen LogP contribution >= 0.6 is 11.3 Å². The van der Waals surface area contributed by atoms with Crippen molar-refractivity contribution >= 4 is 28.9 Å². The summed E-state index contributed by atoms with van der Waals surface area (Å²) in [5.74, 6) is -0.445. The summed E-state index contributed by atoms with van der Waals surface area (Å²) < 4.78 is 5.27. The Morgan fingerprint density at radius 1 is 1.14 bits per heavy atom. The molecule has 0 aliphatic heterocycles. The predicted octanol–water partition coefficient (Wildman–Crippen LogP) is 4.44. The maximum absolute atomic E-state index is 12.3. The molecule has 2 aromatic heterocycles. The number of aromatic nitrogens is 2. The molecule has 7 heteroatoms. The quantitative estimate of drug-likeness (QED) is 0.584. The molecule has 29 heavy (non-hydrogen) atoms. The van der Waals surface area contributed by atoms with Crippen molar-refractivity contribution < 1.29 is 14.3 Å². The minimum Gasteiger partial charge on any atom is -0.452 e. The highest BCUT2D eigenvalue weighted by Crippen LogP contribution is 2.23. The summed E-state index contributed by atoms with van der Waals surface area (Å²) in [7, 11) is 0. The topological polar surface area (TPSA) is 81.2 Å². The number of ether oxygens (including phenoxy) is 1. The van der Waals surface area contributed by atoms with Crippen molar-refractivity contribution in [2.45, 2.75) is 39.2 Å². The Bertz CT molecular complexity index is 968. The van der Waals surface area contributed by atoms with Gasteiger partial charge in [-0.3, -0.25) is 14.6 Å². The molecule has 3 rings (SSSR count). The molecule has 0 bridgehead atoms. The lowest BCUT2D eigenvalue weighted by Gasteiger charge is -2.14. The highest BCUT2D eigenvalue weighted by molar-refractivity contribution is 7.13. The van der Waals surface area contributed by atoms with Crippen molar-refractivity contribution in [2.75, 3.05) is 5.32 Å². The average molecular weight is 410 g/mol. The van der Waals surface area contributed by atoms with Gasteiger partial charge < -0.3 is 10.1 Å². The predicted molar refractivity (Wildman–Crippen MR) is 114 cm³/mol. The monoisotopic (exact) mass is 409 g/mol. The Morgan fingerprint density at radius 2 is 1.90 bits per heavy atom. The van der Waals surface area contributed by atoms with Crippen LogP contribution in [0.1, 0.15) is 37.9 Å². The Morgan fingerprint density at radius 3 is 2.55 bits per heavy atom. The second kappa shape index (κ2) is 9.43. The van der Waals surface area contributed by atoms with Gasteiger partial charge in [-0.15, -0.1) is 11.3 Å². The molecule has 0 radical (unpaired) electrons. The number of nitrogens with one attached hydrogen (secondary N) is 1. The van der Waals surface area contributed by atoms with Crippen molar-refractivity contribution in [2.24, 2.45) is 0 Å². The van der Waals surface area contributed by atoms with Gasteiger partial charge in [-0.2, -0.15) is 0 Å². The van der Waals surface area contributed by atoms with Gasteiger partial charge in [0.1, 0.15) is 5.01 Å². The van der Waals surface area contributed by atoms with Gasteiger partial charge in [0, 0.05) is 29.0 Å². The number of rotatable bonds is 7. The number of benzene rings is 1. The number of carbonyl (C=O) groups is 2. The Balaban J connectivity index is 1.52. The van der Waals surface area contributed by atoms with E-state index in [0.29, 0.717) is 17.3 Å². The van der Waals surface area contributed by atoms with Crippen molar-refractivity contribution in [3.63, 3.8) is 0 Å². The zero-order valence-corrected chi connectivity index (χ0v) is 17.4. The van der Waals surface area contributed by atoms with Crippen molar-refractivity contribution in [3.8, 4) is 10.6 Å². The summed E-state index contributed by atoms with van der Waals surface area (Å²) in [6.07, 6.45) is 2.53. The second-order valence-electron chi connectivity index (χ2n) is 6.96. The fourth-order valence-corrected chi connectivity index (χ4v) is 3.46. The first kappa shape index (κ1) is 20.7. The van der Waals surface area contributed by atoms with Crippen molar-refractivity contribution in [3.05, 3.63) is 65.4 Å². The number of thiazole rings is 1. The van der Waals surface area contributed by atoms with Crippen LogP contribution in [0.15, 0.2) is 54.2 Å². The van der Waals surface area contributed by atoms with Crippen LogP contribution < -0.4 is 5.32 Å².